The van der Waals surface area contributed by atoms with Crippen LogP contribution in [0.5, 0.6) is 0 Å². The molecule has 0 aliphatic carbocycles. The molecule has 24 heavy (non-hydrogen) atoms. The van der Waals surface area contributed by atoms with Crippen molar-refractivity contribution in [3.63, 3.8) is 0 Å². The molecule has 6 nitrogen and oxygen atoms in total. The Hall–Kier alpha value is -1.83. The molecule has 128 valence electrons. The van der Waals surface area contributed by atoms with Crippen molar-refractivity contribution in [2.45, 2.75) is 32.4 Å². The Morgan fingerprint density at radius 3 is 2.88 bits per heavy atom. The van der Waals surface area contributed by atoms with Gasteiger partial charge < -0.3 is 10.1 Å². The minimum atomic E-state index is -0.218. The molecule has 1 amide bonds. The minimum Gasteiger partial charge on any atom is -0.377 e. The fourth-order valence-electron chi connectivity index (χ4n) is 2.66. The molecule has 0 saturated carbocycles. The van der Waals surface area contributed by atoms with Crippen molar-refractivity contribution in [3.05, 3.63) is 39.8 Å². The Labute approximate surface area is 145 Å². The number of ether oxygens (including phenoxy) is 1. The Morgan fingerprint density at radius 1 is 1.38 bits per heavy atom. The first-order chi connectivity index (χ1) is 11.6. The van der Waals surface area contributed by atoms with Gasteiger partial charge >= 0.3 is 0 Å². The second-order valence-corrected chi connectivity index (χ2v) is 7.21. The number of nitrogens with zero attached hydrogens (tertiary/aromatic N) is 3. The number of rotatable bonds is 6. The van der Waals surface area contributed by atoms with Gasteiger partial charge in [0.2, 0.25) is 5.01 Å². The van der Waals surface area contributed by atoms with E-state index in [0.29, 0.717) is 17.7 Å². The second kappa shape index (κ2) is 7.83. The molecule has 0 unspecified atom stereocenters. The van der Waals surface area contributed by atoms with E-state index < -0.39 is 0 Å². The van der Waals surface area contributed by atoms with Gasteiger partial charge in [-0.2, -0.15) is 0 Å². The standard InChI is InChI=1S/C17H22N4O2S/c1-12-5-7-13(8-6-12)18-16(22)17-20-19-15(24-17)11-21(2)10-14-4-3-9-23-14/h5-8,14H,3-4,9-11H2,1-2H3,(H,18,22)/t14-/m0/s1. The topological polar surface area (TPSA) is 67.4 Å². The van der Waals surface area contributed by atoms with Crippen molar-refractivity contribution in [1.82, 2.24) is 15.1 Å². The third-order valence-corrected chi connectivity index (χ3v) is 4.82. The molecule has 1 N–H and O–H groups in total. The van der Waals surface area contributed by atoms with Crippen LogP contribution in [0.2, 0.25) is 0 Å². The number of amides is 1. The van der Waals surface area contributed by atoms with E-state index in [0.717, 1.165) is 42.3 Å². The third kappa shape index (κ3) is 4.59. The minimum absolute atomic E-state index is 0.218. The Kier molecular flexibility index (Phi) is 5.55. The number of hydrogen-bond acceptors (Lipinski definition) is 6. The van der Waals surface area contributed by atoms with E-state index in [9.17, 15) is 4.79 Å². The molecule has 0 bridgehead atoms. The van der Waals surface area contributed by atoms with Crippen LogP contribution in [0, 0.1) is 6.92 Å². The number of nitrogens with one attached hydrogen (secondary N) is 1. The maximum absolute atomic E-state index is 12.2. The first-order valence-electron chi connectivity index (χ1n) is 8.11. The molecule has 2 heterocycles. The lowest BCUT2D eigenvalue weighted by atomic mass is 10.2. The van der Waals surface area contributed by atoms with E-state index in [1.165, 1.54) is 11.3 Å². The maximum Gasteiger partial charge on any atom is 0.286 e. The monoisotopic (exact) mass is 346 g/mol. The van der Waals surface area contributed by atoms with Gasteiger partial charge in [-0.25, -0.2) is 0 Å². The van der Waals surface area contributed by atoms with Crippen LogP contribution in [0.15, 0.2) is 24.3 Å². The van der Waals surface area contributed by atoms with Gasteiger partial charge in [-0.05, 0) is 38.9 Å². The first kappa shape index (κ1) is 17.0. The van der Waals surface area contributed by atoms with Crippen molar-refractivity contribution < 1.29 is 9.53 Å². The zero-order valence-corrected chi connectivity index (χ0v) is 14.8. The predicted octanol–water partition coefficient (Wildman–Crippen LogP) is 2.71. The number of likely N-dealkylation sites (N-methyl/N-ethyl adjacent to an activating group) is 1. The fourth-order valence-corrected chi connectivity index (χ4v) is 3.48. The number of aryl methyl sites for hydroxylation is 1. The van der Waals surface area contributed by atoms with Crippen LogP contribution >= 0.6 is 11.3 Å². The Bertz CT molecular complexity index is 680. The van der Waals surface area contributed by atoms with Crippen LogP contribution in [0.25, 0.3) is 0 Å². The molecule has 1 saturated heterocycles. The van der Waals surface area contributed by atoms with E-state index in [1.807, 2.05) is 38.2 Å². The van der Waals surface area contributed by atoms with Gasteiger partial charge in [-0.1, -0.05) is 29.0 Å². The number of carbonyl (C=O) groups is 1. The van der Waals surface area contributed by atoms with Crippen LogP contribution in [-0.4, -0.2) is 47.3 Å². The molecule has 1 aromatic heterocycles. The summed E-state index contributed by atoms with van der Waals surface area (Å²) in [6.07, 6.45) is 2.57. The molecule has 1 aliphatic heterocycles. The van der Waals surface area contributed by atoms with Gasteiger partial charge in [0.05, 0.1) is 12.6 Å². The number of aromatic nitrogens is 2. The second-order valence-electron chi connectivity index (χ2n) is 6.15. The van der Waals surface area contributed by atoms with Gasteiger partial charge in [0.1, 0.15) is 5.01 Å². The zero-order chi connectivity index (χ0) is 16.9. The van der Waals surface area contributed by atoms with Crippen LogP contribution in [0.3, 0.4) is 0 Å². The summed E-state index contributed by atoms with van der Waals surface area (Å²) in [7, 11) is 2.04. The summed E-state index contributed by atoms with van der Waals surface area (Å²) in [5, 5.41) is 12.2. The fraction of sp³-hybridized carbons (Fsp3) is 0.471. The number of anilines is 1. The summed E-state index contributed by atoms with van der Waals surface area (Å²) in [6.45, 7) is 4.43. The Morgan fingerprint density at radius 2 is 2.17 bits per heavy atom. The highest BCUT2D eigenvalue weighted by molar-refractivity contribution is 7.13. The average Bonchev–Trinajstić information content (AvgIpc) is 3.21. The number of benzene rings is 1. The van der Waals surface area contributed by atoms with Gasteiger partial charge in [0, 0.05) is 18.8 Å². The van der Waals surface area contributed by atoms with Crippen molar-refractivity contribution in [2.24, 2.45) is 0 Å². The van der Waals surface area contributed by atoms with E-state index in [2.05, 4.69) is 20.4 Å². The lowest BCUT2D eigenvalue weighted by Gasteiger charge is -2.18. The van der Waals surface area contributed by atoms with E-state index in [4.69, 9.17) is 4.74 Å². The average molecular weight is 346 g/mol. The molecule has 3 rings (SSSR count). The first-order valence-corrected chi connectivity index (χ1v) is 8.92. The SMILES string of the molecule is Cc1ccc(NC(=O)c2nnc(CN(C)C[C@@H]3CCCO3)s2)cc1. The van der Waals surface area contributed by atoms with Gasteiger partial charge in [-0.3, -0.25) is 9.69 Å². The van der Waals surface area contributed by atoms with Gasteiger partial charge in [0.25, 0.3) is 5.91 Å². The molecule has 0 radical (unpaired) electrons. The van der Waals surface area contributed by atoms with Gasteiger partial charge in [-0.15, -0.1) is 10.2 Å². The van der Waals surface area contributed by atoms with Crippen molar-refractivity contribution in [1.29, 1.82) is 0 Å². The molecule has 1 fully saturated rings. The molecule has 2 aromatic rings. The highest BCUT2D eigenvalue weighted by Gasteiger charge is 2.19. The van der Waals surface area contributed by atoms with Crippen molar-refractivity contribution in [3.8, 4) is 0 Å². The van der Waals surface area contributed by atoms with Crippen LogP contribution in [0.4, 0.5) is 5.69 Å². The summed E-state index contributed by atoms with van der Waals surface area (Å²) in [6, 6.07) is 7.68. The lowest BCUT2D eigenvalue weighted by molar-refractivity contribution is 0.0792. The predicted molar refractivity (Wildman–Crippen MR) is 94.3 cm³/mol. The quantitative estimate of drug-likeness (QED) is 0.871. The number of carbonyl (C=O) groups excluding carboxylic acids is 1. The van der Waals surface area contributed by atoms with Crippen molar-refractivity contribution in [2.75, 3.05) is 25.5 Å². The molecule has 1 aliphatic rings. The van der Waals surface area contributed by atoms with Gasteiger partial charge in [0.15, 0.2) is 0 Å². The molecule has 7 heteroatoms. The van der Waals surface area contributed by atoms with Crippen molar-refractivity contribution >= 4 is 22.9 Å². The summed E-state index contributed by atoms with van der Waals surface area (Å²) < 4.78 is 5.64. The lowest BCUT2D eigenvalue weighted by Crippen LogP contribution is -2.28. The highest BCUT2D eigenvalue weighted by atomic mass is 32.1. The maximum atomic E-state index is 12.2. The Balaban J connectivity index is 1.54. The van der Waals surface area contributed by atoms with Crippen LogP contribution in [-0.2, 0) is 11.3 Å². The molecule has 1 aromatic carbocycles. The molecular weight excluding hydrogens is 324 g/mol. The molecule has 1 atom stereocenters. The highest BCUT2D eigenvalue weighted by Crippen LogP contribution is 2.17. The zero-order valence-electron chi connectivity index (χ0n) is 14.0. The summed E-state index contributed by atoms with van der Waals surface area (Å²) in [5.74, 6) is -0.218. The molecule has 0 spiro atoms. The van der Waals surface area contributed by atoms with E-state index in [-0.39, 0.29) is 5.91 Å². The number of hydrogen-bond donors (Lipinski definition) is 1. The molecular formula is C17H22N4O2S. The third-order valence-electron chi connectivity index (χ3n) is 3.92. The smallest absolute Gasteiger partial charge is 0.286 e. The van der Waals surface area contributed by atoms with Crippen LogP contribution in [0.1, 0.15) is 33.2 Å². The normalized spacial score (nSPS) is 17.4. The summed E-state index contributed by atoms with van der Waals surface area (Å²) >= 11 is 1.33. The largest absolute Gasteiger partial charge is 0.377 e. The van der Waals surface area contributed by atoms with E-state index >= 15 is 0 Å². The summed E-state index contributed by atoms with van der Waals surface area (Å²) in [4.78, 5) is 14.4. The van der Waals surface area contributed by atoms with E-state index in [1.54, 1.807) is 0 Å². The summed E-state index contributed by atoms with van der Waals surface area (Å²) in [5.41, 5.74) is 1.92. The van der Waals surface area contributed by atoms with Crippen LogP contribution < -0.4 is 5.32 Å².